The van der Waals surface area contributed by atoms with E-state index in [-0.39, 0.29) is 35.7 Å². The average Bonchev–Trinajstić information content (AvgIpc) is 3.56. The Labute approximate surface area is 217 Å². The lowest BCUT2D eigenvalue weighted by atomic mass is 9.98. The monoisotopic (exact) mass is 518 g/mol. The number of carbonyl (C=O) groups excluding carboxylic acids is 1. The Kier molecular flexibility index (Phi) is 6.88. The molecule has 0 bridgehead atoms. The second-order valence-corrected chi connectivity index (χ2v) is 10.1. The number of halogens is 1. The molecule has 9 heteroatoms. The van der Waals surface area contributed by atoms with Gasteiger partial charge in [-0.2, -0.15) is 4.98 Å². The van der Waals surface area contributed by atoms with E-state index in [0.29, 0.717) is 30.0 Å². The van der Waals surface area contributed by atoms with Gasteiger partial charge in [-0.05, 0) is 37.0 Å². The maximum atomic E-state index is 14.4. The molecule has 2 aromatic carbocycles. The van der Waals surface area contributed by atoms with Gasteiger partial charge in [0.15, 0.2) is 16.4 Å². The zero-order valence-corrected chi connectivity index (χ0v) is 21.4. The number of hydrogen-bond acceptors (Lipinski definition) is 6. The molecule has 0 radical (unpaired) electrons. The fourth-order valence-corrected chi connectivity index (χ4v) is 5.80. The zero-order chi connectivity index (χ0) is 26.1. The Morgan fingerprint density at radius 1 is 1.16 bits per heavy atom. The third-order valence-electron chi connectivity index (χ3n) is 6.83. The molecule has 2 unspecified atom stereocenters. The van der Waals surface area contributed by atoms with Crippen LogP contribution in [0.4, 0.5) is 4.39 Å². The van der Waals surface area contributed by atoms with E-state index < -0.39 is 17.3 Å². The van der Waals surface area contributed by atoms with Crippen molar-refractivity contribution in [2.75, 3.05) is 13.1 Å². The van der Waals surface area contributed by atoms with Gasteiger partial charge in [0.25, 0.3) is 11.5 Å². The minimum Gasteiger partial charge on any atom is -0.494 e. The first kappa shape index (κ1) is 24.8. The lowest BCUT2D eigenvalue weighted by molar-refractivity contribution is 0.0783. The highest BCUT2D eigenvalue weighted by molar-refractivity contribution is 7.13. The summed E-state index contributed by atoms with van der Waals surface area (Å²) in [6.45, 7) is 4.41. The molecule has 5 rings (SSSR count). The average molecular weight is 519 g/mol. The summed E-state index contributed by atoms with van der Waals surface area (Å²) in [4.78, 5) is 37.1. The molecule has 190 valence electrons. The molecule has 0 aliphatic carbocycles. The third-order valence-corrected chi connectivity index (χ3v) is 7.78. The number of aryl methyl sites for hydroxylation is 1. The number of hydrogen-bond donors (Lipinski definition) is 1. The number of nitrogens with zero attached hydrogens (tertiary/aromatic N) is 4. The molecule has 2 atom stereocenters. The molecule has 4 aromatic rings. The maximum absolute atomic E-state index is 14.4. The van der Waals surface area contributed by atoms with Crippen LogP contribution in [0.25, 0.3) is 10.8 Å². The van der Waals surface area contributed by atoms with Gasteiger partial charge < -0.3 is 10.0 Å². The van der Waals surface area contributed by atoms with Crippen molar-refractivity contribution in [3.8, 4) is 16.7 Å². The lowest BCUT2D eigenvalue weighted by Crippen LogP contribution is -2.35. The normalized spacial score (nSPS) is 16.2. The highest BCUT2D eigenvalue weighted by Gasteiger charge is 2.35. The molecular weight excluding hydrogens is 491 g/mol. The molecule has 0 spiro atoms. The number of carbonyl (C=O) groups is 1. The van der Waals surface area contributed by atoms with Crippen molar-refractivity contribution in [3.63, 3.8) is 0 Å². The Morgan fingerprint density at radius 3 is 2.57 bits per heavy atom. The fraction of sp³-hybridized carbons (Fsp3) is 0.286. The smallest absolute Gasteiger partial charge is 0.290 e. The zero-order valence-electron chi connectivity index (χ0n) is 20.6. The van der Waals surface area contributed by atoms with E-state index in [1.807, 2.05) is 49.6 Å². The molecule has 1 fully saturated rings. The summed E-state index contributed by atoms with van der Waals surface area (Å²) in [6, 6.07) is 15.7. The summed E-state index contributed by atoms with van der Waals surface area (Å²) in [5.41, 5.74) is 1.03. The van der Waals surface area contributed by atoms with Gasteiger partial charge in [-0.3, -0.25) is 14.2 Å². The van der Waals surface area contributed by atoms with Gasteiger partial charge in [-0.15, -0.1) is 11.3 Å². The summed E-state index contributed by atoms with van der Waals surface area (Å²) < 4.78 is 15.9. The van der Waals surface area contributed by atoms with E-state index in [1.165, 1.54) is 22.3 Å². The van der Waals surface area contributed by atoms with Crippen molar-refractivity contribution in [1.82, 2.24) is 19.4 Å². The van der Waals surface area contributed by atoms with E-state index >= 15 is 0 Å². The molecule has 1 aliphatic rings. The van der Waals surface area contributed by atoms with Crippen LogP contribution >= 0.6 is 11.3 Å². The van der Waals surface area contributed by atoms with E-state index in [2.05, 4.69) is 9.97 Å². The molecule has 3 heterocycles. The SMILES string of the molecule is CCC(c1ccccc1)n1c(-c2nc(C)cs2)nc(=O)c(C(=O)N2CCC(c3ccccc3F)C2)c1O. The van der Waals surface area contributed by atoms with Gasteiger partial charge in [0, 0.05) is 30.1 Å². The molecule has 37 heavy (non-hydrogen) atoms. The summed E-state index contributed by atoms with van der Waals surface area (Å²) >= 11 is 1.32. The van der Waals surface area contributed by atoms with Crippen molar-refractivity contribution in [1.29, 1.82) is 0 Å². The Balaban J connectivity index is 1.59. The number of rotatable bonds is 6. The van der Waals surface area contributed by atoms with E-state index in [4.69, 9.17) is 0 Å². The minimum absolute atomic E-state index is 0.187. The number of thiazole rings is 1. The Morgan fingerprint density at radius 2 is 1.89 bits per heavy atom. The van der Waals surface area contributed by atoms with Crippen molar-refractivity contribution >= 4 is 17.2 Å². The van der Waals surface area contributed by atoms with Gasteiger partial charge in [0.2, 0.25) is 5.88 Å². The van der Waals surface area contributed by atoms with Gasteiger partial charge in [0.1, 0.15) is 5.82 Å². The van der Waals surface area contributed by atoms with Crippen LogP contribution in [0.15, 0.2) is 64.8 Å². The van der Waals surface area contributed by atoms with Crippen LogP contribution in [-0.2, 0) is 0 Å². The largest absolute Gasteiger partial charge is 0.494 e. The van der Waals surface area contributed by atoms with Gasteiger partial charge in [0.05, 0.1) is 6.04 Å². The van der Waals surface area contributed by atoms with Gasteiger partial charge >= 0.3 is 0 Å². The molecule has 1 amide bonds. The van der Waals surface area contributed by atoms with Crippen LogP contribution in [0.1, 0.15) is 58.9 Å². The number of benzene rings is 2. The van der Waals surface area contributed by atoms with Crippen LogP contribution in [0.2, 0.25) is 0 Å². The van der Waals surface area contributed by atoms with Crippen molar-refractivity contribution in [2.24, 2.45) is 0 Å². The number of amides is 1. The third kappa shape index (κ3) is 4.67. The Hall–Kier alpha value is -3.85. The first-order chi connectivity index (χ1) is 17.9. The first-order valence-electron chi connectivity index (χ1n) is 12.3. The quantitative estimate of drug-likeness (QED) is 0.381. The second kappa shape index (κ2) is 10.3. The van der Waals surface area contributed by atoms with Crippen molar-refractivity contribution in [3.05, 3.63) is 98.5 Å². The summed E-state index contributed by atoms with van der Waals surface area (Å²) in [5, 5.41) is 13.9. The van der Waals surface area contributed by atoms with Crippen LogP contribution < -0.4 is 5.56 Å². The van der Waals surface area contributed by atoms with Crippen LogP contribution in [0.5, 0.6) is 5.88 Å². The maximum Gasteiger partial charge on any atom is 0.290 e. The number of aromatic hydroxyl groups is 1. The summed E-state index contributed by atoms with van der Waals surface area (Å²) in [6.07, 6.45) is 1.14. The van der Waals surface area contributed by atoms with Crippen molar-refractivity contribution in [2.45, 2.75) is 38.6 Å². The number of aromatic nitrogens is 3. The predicted octanol–water partition coefficient (Wildman–Crippen LogP) is 5.15. The summed E-state index contributed by atoms with van der Waals surface area (Å²) in [7, 11) is 0. The van der Waals surface area contributed by atoms with Crippen LogP contribution in [0, 0.1) is 12.7 Å². The first-order valence-corrected chi connectivity index (χ1v) is 13.1. The standard InChI is InChI=1S/C28H27FN4O3S/c1-3-22(18-9-5-4-6-10-18)33-24(26-30-17(2)16-37-26)31-25(34)23(28(33)36)27(35)32-14-13-19(15-32)20-11-7-8-12-21(20)29/h4-12,16,19,22,36H,3,13-15H2,1-2H3. The van der Waals surface area contributed by atoms with Crippen LogP contribution in [-0.4, -0.2) is 43.5 Å². The van der Waals surface area contributed by atoms with Crippen molar-refractivity contribution < 1.29 is 14.3 Å². The Bertz CT molecular complexity index is 1500. The minimum atomic E-state index is -0.807. The van der Waals surface area contributed by atoms with Gasteiger partial charge in [-0.25, -0.2) is 9.37 Å². The molecule has 7 nitrogen and oxygen atoms in total. The van der Waals surface area contributed by atoms with Crippen LogP contribution in [0.3, 0.4) is 0 Å². The topological polar surface area (TPSA) is 88.3 Å². The molecule has 1 N–H and O–H groups in total. The van der Waals surface area contributed by atoms with E-state index in [9.17, 15) is 19.1 Å². The van der Waals surface area contributed by atoms with E-state index in [1.54, 1.807) is 22.8 Å². The fourth-order valence-electron chi connectivity index (χ4n) is 5.02. The molecule has 0 saturated carbocycles. The summed E-state index contributed by atoms with van der Waals surface area (Å²) in [5.74, 6) is -1.32. The van der Waals surface area contributed by atoms with E-state index in [0.717, 1.165) is 11.3 Å². The second-order valence-electron chi connectivity index (χ2n) is 9.20. The highest BCUT2D eigenvalue weighted by atomic mass is 32.1. The molecular formula is C28H27FN4O3S. The number of likely N-dealkylation sites (tertiary alicyclic amines) is 1. The highest BCUT2D eigenvalue weighted by Crippen LogP contribution is 2.35. The predicted molar refractivity (Wildman–Crippen MR) is 141 cm³/mol. The molecule has 1 aliphatic heterocycles. The molecule has 1 saturated heterocycles. The lowest BCUT2D eigenvalue weighted by Gasteiger charge is -2.25. The molecule has 2 aromatic heterocycles. The van der Waals surface area contributed by atoms with Gasteiger partial charge in [-0.1, -0.05) is 55.5 Å².